The van der Waals surface area contributed by atoms with Crippen molar-refractivity contribution in [2.75, 3.05) is 13.2 Å². The number of aliphatic hydroxyl groups is 1. The molecule has 0 saturated heterocycles. The van der Waals surface area contributed by atoms with Gasteiger partial charge in [-0.3, -0.25) is 0 Å². The van der Waals surface area contributed by atoms with E-state index in [0.717, 1.165) is 36.8 Å². The minimum absolute atomic E-state index is 0.0102. The molecule has 4 rings (SSSR count). The van der Waals surface area contributed by atoms with Crippen LogP contribution in [0.5, 0.6) is 0 Å². The molecular weight excluding hydrogens is 496 g/mol. The monoisotopic (exact) mass is 530 g/mol. The molecule has 0 heterocycles. The van der Waals surface area contributed by atoms with E-state index < -0.39 is 20.0 Å². The Morgan fingerprint density at radius 2 is 1.42 bits per heavy atom. The van der Waals surface area contributed by atoms with Gasteiger partial charge in [0.1, 0.15) is 0 Å². The van der Waals surface area contributed by atoms with Gasteiger partial charge in [-0.2, -0.15) is 0 Å². The maximum atomic E-state index is 12.6. The molecule has 9 heteroatoms. The van der Waals surface area contributed by atoms with Crippen LogP contribution in [0.1, 0.15) is 36.0 Å². The van der Waals surface area contributed by atoms with Gasteiger partial charge >= 0.3 is 0 Å². The lowest BCUT2D eigenvalue weighted by molar-refractivity contribution is 0.139. The second kappa shape index (κ2) is 12.1. The van der Waals surface area contributed by atoms with Gasteiger partial charge in [-0.25, -0.2) is 26.7 Å². The van der Waals surface area contributed by atoms with Crippen LogP contribution in [0.3, 0.4) is 0 Å². The number of hydrogen-bond donors (Lipinski definition) is 3. The number of aliphatic hydroxyl groups excluding tert-OH is 1. The third kappa shape index (κ3) is 7.97. The highest BCUT2D eigenvalue weighted by Crippen LogP contribution is 2.43. The first-order valence-electron chi connectivity index (χ1n) is 11.9. The zero-order chi connectivity index (χ0) is 26.2. The zero-order valence-corrected chi connectivity index (χ0v) is 22.1. The highest BCUT2D eigenvalue weighted by Gasteiger charge is 2.38. The fourth-order valence-electron chi connectivity index (χ4n) is 4.14. The predicted octanol–water partition coefficient (Wildman–Crippen LogP) is 3.56. The summed E-state index contributed by atoms with van der Waals surface area (Å²) in [6, 6.07) is 23.1. The first kappa shape index (κ1) is 28.0. The lowest BCUT2D eigenvalue weighted by Crippen LogP contribution is -2.43. The van der Waals surface area contributed by atoms with Crippen LogP contribution in [0.4, 0.5) is 0 Å². The van der Waals surface area contributed by atoms with Crippen molar-refractivity contribution >= 4 is 20.0 Å². The number of benzene rings is 3. The number of aryl methyl sites for hydroxylation is 1. The summed E-state index contributed by atoms with van der Waals surface area (Å²) in [5, 5.41) is 13.8. The summed E-state index contributed by atoms with van der Waals surface area (Å²) in [5.41, 5.74) is 3.40. The number of primary sulfonamides is 1. The number of hydrogen-bond acceptors (Lipinski definition) is 5. The molecule has 1 fully saturated rings. The maximum Gasteiger partial charge on any atom is 0.240 e. The highest BCUT2D eigenvalue weighted by atomic mass is 32.2. The molecule has 0 aliphatic heterocycles. The van der Waals surface area contributed by atoms with E-state index in [1.165, 1.54) is 17.7 Å². The van der Waals surface area contributed by atoms with Gasteiger partial charge < -0.3 is 5.11 Å². The Balaban J connectivity index is 0.000000303. The van der Waals surface area contributed by atoms with E-state index in [-0.39, 0.29) is 16.9 Å². The van der Waals surface area contributed by atoms with Crippen LogP contribution in [0.2, 0.25) is 0 Å². The SMILES string of the molecule is Cc1ccc(S(=O)(=O)NCC2(Cc3ccc(CCO)cc3)CCC2)cc1.NS(=O)(=O)c1ccccc1. The van der Waals surface area contributed by atoms with Crippen LogP contribution >= 0.6 is 0 Å². The maximum absolute atomic E-state index is 12.6. The van der Waals surface area contributed by atoms with Crippen molar-refractivity contribution in [3.05, 3.63) is 95.6 Å². The van der Waals surface area contributed by atoms with E-state index in [2.05, 4.69) is 16.9 Å². The normalized spacial score (nSPS) is 14.9. The predicted molar refractivity (Wildman–Crippen MR) is 141 cm³/mol. The summed E-state index contributed by atoms with van der Waals surface area (Å²) in [4.78, 5) is 0.473. The minimum Gasteiger partial charge on any atom is -0.396 e. The number of nitrogens with one attached hydrogen (secondary N) is 1. The molecule has 3 aromatic carbocycles. The van der Waals surface area contributed by atoms with Gasteiger partial charge in [0, 0.05) is 13.2 Å². The smallest absolute Gasteiger partial charge is 0.240 e. The van der Waals surface area contributed by atoms with Gasteiger partial charge in [-0.1, -0.05) is 66.6 Å². The molecule has 7 nitrogen and oxygen atoms in total. The standard InChI is InChI=1S/C21H27NO3S.C6H7NO2S/c1-17-3-9-20(10-4-17)26(24,25)22-16-21(12-2-13-21)15-19-7-5-18(6-8-19)11-14-23;7-10(8,9)6-4-2-1-3-5-6/h3-10,22-23H,2,11-16H2,1H3;1-5H,(H2,7,8,9). The van der Waals surface area contributed by atoms with Crippen LogP contribution in [-0.2, 0) is 32.9 Å². The van der Waals surface area contributed by atoms with Gasteiger partial charge in [-0.05, 0) is 73.4 Å². The molecule has 0 aromatic heterocycles. The van der Waals surface area contributed by atoms with Crippen molar-refractivity contribution in [3.63, 3.8) is 0 Å². The molecule has 1 aliphatic rings. The van der Waals surface area contributed by atoms with Crippen molar-refractivity contribution in [1.82, 2.24) is 4.72 Å². The van der Waals surface area contributed by atoms with Crippen molar-refractivity contribution in [1.29, 1.82) is 0 Å². The molecule has 36 heavy (non-hydrogen) atoms. The van der Waals surface area contributed by atoms with Crippen molar-refractivity contribution in [2.24, 2.45) is 10.6 Å². The largest absolute Gasteiger partial charge is 0.396 e. The molecule has 3 aromatic rings. The fraction of sp³-hybridized carbons (Fsp3) is 0.333. The Morgan fingerprint density at radius 1 is 0.833 bits per heavy atom. The molecule has 194 valence electrons. The number of nitrogens with two attached hydrogens (primary N) is 1. The lowest BCUT2D eigenvalue weighted by atomic mass is 9.65. The summed E-state index contributed by atoms with van der Waals surface area (Å²) < 4.78 is 49.2. The summed E-state index contributed by atoms with van der Waals surface area (Å²) >= 11 is 0. The fourth-order valence-corrected chi connectivity index (χ4v) is 5.83. The quantitative estimate of drug-likeness (QED) is 0.390. The highest BCUT2D eigenvalue weighted by molar-refractivity contribution is 7.89. The van der Waals surface area contributed by atoms with Gasteiger partial charge in [0.05, 0.1) is 9.79 Å². The molecule has 4 N–H and O–H groups in total. The second-order valence-electron chi connectivity index (χ2n) is 9.32. The third-order valence-electron chi connectivity index (χ3n) is 6.46. The molecule has 0 radical (unpaired) electrons. The Labute approximate surface area is 214 Å². The molecular formula is C27H34N2O5S2. The van der Waals surface area contributed by atoms with Crippen LogP contribution in [0.15, 0.2) is 88.7 Å². The molecule has 0 spiro atoms. The van der Waals surface area contributed by atoms with Gasteiger partial charge in [-0.15, -0.1) is 0 Å². The van der Waals surface area contributed by atoms with E-state index in [9.17, 15) is 16.8 Å². The molecule has 0 bridgehead atoms. The van der Waals surface area contributed by atoms with E-state index >= 15 is 0 Å². The summed E-state index contributed by atoms with van der Waals surface area (Å²) in [5.74, 6) is 0. The van der Waals surface area contributed by atoms with Gasteiger partial charge in [0.2, 0.25) is 20.0 Å². The van der Waals surface area contributed by atoms with E-state index in [0.29, 0.717) is 17.9 Å². The van der Waals surface area contributed by atoms with Crippen LogP contribution in [-0.4, -0.2) is 35.1 Å². The van der Waals surface area contributed by atoms with E-state index in [1.54, 1.807) is 30.3 Å². The minimum atomic E-state index is -3.50. The molecule has 0 unspecified atom stereocenters. The van der Waals surface area contributed by atoms with E-state index in [1.807, 2.05) is 31.2 Å². The Bertz CT molecular complexity index is 1320. The van der Waals surface area contributed by atoms with Crippen LogP contribution in [0.25, 0.3) is 0 Å². The lowest BCUT2D eigenvalue weighted by Gasteiger charge is -2.42. The first-order valence-corrected chi connectivity index (χ1v) is 14.9. The second-order valence-corrected chi connectivity index (χ2v) is 12.6. The Morgan fingerprint density at radius 3 is 1.89 bits per heavy atom. The van der Waals surface area contributed by atoms with Gasteiger partial charge in [0.25, 0.3) is 0 Å². The molecule has 1 aliphatic carbocycles. The third-order valence-corrected chi connectivity index (χ3v) is 8.80. The van der Waals surface area contributed by atoms with E-state index in [4.69, 9.17) is 10.2 Å². The molecule has 1 saturated carbocycles. The average molecular weight is 531 g/mol. The van der Waals surface area contributed by atoms with Crippen LogP contribution in [0, 0.1) is 12.3 Å². The zero-order valence-electron chi connectivity index (χ0n) is 20.4. The first-order chi connectivity index (χ1) is 17.0. The number of sulfonamides is 2. The molecule has 0 amide bonds. The van der Waals surface area contributed by atoms with Crippen molar-refractivity contribution in [2.45, 2.75) is 48.8 Å². The summed E-state index contributed by atoms with van der Waals surface area (Å²) in [6.45, 7) is 2.57. The van der Waals surface area contributed by atoms with Crippen molar-refractivity contribution in [3.8, 4) is 0 Å². The van der Waals surface area contributed by atoms with Crippen LogP contribution < -0.4 is 9.86 Å². The summed E-state index contributed by atoms with van der Waals surface area (Å²) in [7, 11) is -6.97. The number of rotatable bonds is 9. The average Bonchev–Trinajstić information content (AvgIpc) is 2.83. The molecule has 0 atom stereocenters. The topological polar surface area (TPSA) is 127 Å². The van der Waals surface area contributed by atoms with Crippen molar-refractivity contribution < 1.29 is 21.9 Å². The van der Waals surface area contributed by atoms with Gasteiger partial charge in [0.15, 0.2) is 0 Å². The Hall–Kier alpha value is -2.56. The summed E-state index contributed by atoms with van der Waals surface area (Å²) in [6.07, 6.45) is 4.78. The Kier molecular flexibility index (Phi) is 9.43.